The van der Waals surface area contributed by atoms with Gasteiger partial charge in [-0.2, -0.15) is 0 Å². The first-order valence-electron chi connectivity index (χ1n) is 8.68. The molecule has 3 rings (SSSR count). The van der Waals surface area contributed by atoms with Crippen molar-refractivity contribution in [2.45, 2.75) is 79.8 Å². The number of aliphatic hydroxyl groups is 1. The van der Waals surface area contributed by atoms with Crippen LogP contribution >= 0.6 is 31.9 Å². The van der Waals surface area contributed by atoms with Crippen molar-refractivity contribution < 1.29 is 14.6 Å². The highest BCUT2D eigenvalue weighted by atomic mass is 79.9. The average Bonchev–Trinajstić information content (AvgIpc) is 2.89. The Kier molecular flexibility index (Phi) is 5.69. The minimum Gasteiger partial charge on any atom is -0.391 e. The molecule has 22 heavy (non-hydrogen) atoms. The number of hydrogen-bond donors (Lipinski definition) is 1. The Morgan fingerprint density at radius 1 is 1.18 bits per heavy atom. The van der Waals surface area contributed by atoms with Crippen LogP contribution < -0.4 is 0 Å². The fraction of sp³-hybridized carbons (Fsp3) is 0.941. The number of hydrogen-bond acceptors (Lipinski definition) is 3. The zero-order valence-electron chi connectivity index (χ0n) is 13.1. The van der Waals surface area contributed by atoms with Gasteiger partial charge in [-0.15, -0.1) is 0 Å². The maximum atomic E-state index is 13.2. The number of ether oxygens (including phenoxy) is 1. The van der Waals surface area contributed by atoms with E-state index in [0.29, 0.717) is 17.8 Å². The Bertz CT molecular complexity index is 405. The summed E-state index contributed by atoms with van der Waals surface area (Å²) in [6.07, 6.45) is 7.15. The summed E-state index contributed by atoms with van der Waals surface area (Å²) in [6.45, 7) is 2.13. The third kappa shape index (κ3) is 3.20. The summed E-state index contributed by atoms with van der Waals surface area (Å²) in [6, 6.07) is 0. The molecule has 1 saturated heterocycles. The minimum absolute atomic E-state index is 0.00382. The molecule has 1 aliphatic heterocycles. The third-order valence-corrected chi connectivity index (χ3v) is 7.69. The number of carbonyl (C=O) groups is 1. The summed E-state index contributed by atoms with van der Waals surface area (Å²) in [5, 5.41) is 10.1. The fourth-order valence-electron chi connectivity index (χ4n) is 4.68. The van der Waals surface area contributed by atoms with E-state index in [9.17, 15) is 9.90 Å². The summed E-state index contributed by atoms with van der Waals surface area (Å²) < 4.78 is 6.22. The van der Waals surface area contributed by atoms with Crippen LogP contribution in [0, 0.1) is 17.8 Å². The van der Waals surface area contributed by atoms with Crippen LogP contribution in [0.1, 0.15) is 51.9 Å². The molecule has 126 valence electrons. The number of halogens is 2. The van der Waals surface area contributed by atoms with Gasteiger partial charge in [0.05, 0.1) is 18.3 Å². The molecular weight excluding hydrogens is 412 g/mol. The predicted molar refractivity (Wildman–Crippen MR) is 93.6 cm³/mol. The Balaban J connectivity index is 1.75. The lowest BCUT2D eigenvalue weighted by Crippen LogP contribution is -2.44. The highest BCUT2D eigenvalue weighted by molar-refractivity contribution is 9.10. The maximum absolute atomic E-state index is 13.2. The topological polar surface area (TPSA) is 46.5 Å². The summed E-state index contributed by atoms with van der Waals surface area (Å²) in [4.78, 5) is 13.2. The van der Waals surface area contributed by atoms with Gasteiger partial charge < -0.3 is 9.84 Å². The Hall–Kier alpha value is 0.550. The SMILES string of the molecule is CCC1OC2CCCCC2C1C(=O)C1CC(Br)C(O)C(Br)C1. The van der Waals surface area contributed by atoms with Crippen molar-refractivity contribution in [3.05, 3.63) is 0 Å². The van der Waals surface area contributed by atoms with Gasteiger partial charge in [-0.05, 0) is 38.0 Å². The largest absolute Gasteiger partial charge is 0.391 e. The first-order valence-corrected chi connectivity index (χ1v) is 10.5. The minimum atomic E-state index is -0.409. The molecule has 6 atom stereocenters. The Morgan fingerprint density at radius 3 is 2.45 bits per heavy atom. The highest BCUT2D eigenvalue weighted by Gasteiger charge is 2.50. The number of alkyl halides is 2. The van der Waals surface area contributed by atoms with Crippen molar-refractivity contribution >= 4 is 37.6 Å². The van der Waals surface area contributed by atoms with Gasteiger partial charge in [0.1, 0.15) is 5.78 Å². The van der Waals surface area contributed by atoms with Crippen molar-refractivity contribution in [2.24, 2.45) is 17.8 Å². The van der Waals surface area contributed by atoms with Crippen LogP contribution in [0.3, 0.4) is 0 Å². The normalized spacial score (nSPS) is 48.9. The number of aliphatic hydroxyl groups excluding tert-OH is 1. The lowest BCUT2D eigenvalue weighted by atomic mass is 9.71. The van der Waals surface area contributed by atoms with Gasteiger partial charge in [0.2, 0.25) is 0 Å². The first kappa shape index (κ1) is 17.4. The number of fused-ring (bicyclic) bond motifs is 1. The molecule has 2 aliphatic carbocycles. The van der Waals surface area contributed by atoms with E-state index in [1.165, 1.54) is 12.8 Å². The summed E-state index contributed by atoms with van der Waals surface area (Å²) in [7, 11) is 0. The van der Waals surface area contributed by atoms with Gasteiger partial charge in [0.25, 0.3) is 0 Å². The van der Waals surface area contributed by atoms with E-state index in [1.54, 1.807) is 0 Å². The summed E-state index contributed by atoms with van der Waals surface area (Å²) in [5.41, 5.74) is 0. The molecule has 5 heteroatoms. The van der Waals surface area contributed by atoms with E-state index in [-0.39, 0.29) is 27.6 Å². The van der Waals surface area contributed by atoms with Gasteiger partial charge in [-0.3, -0.25) is 4.79 Å². The quantitative estimate of drug-likeness (QED) is 0.682. The second kappa shape index (κ2) is 7.20. The van der Waals surface area contributed by atoms with E-state index in [1.807, 2.05) is 0 Å². The monoisotopic (exact) mass is 436 g/mol. The molecule has 0 aromatic rings. The lowest BCUT2D eigenvalue weighted by molar-refractivity contribution is -0.131. The van der Waals surface area contributed by atoms with Crippen LogP contribution in [0.25, 0.3) is 0 Å². The maximum Gasteiger partial charge on any atom is 0.142 e. The van der Waals surface area contributed by atoms with Crippen LogP contribution in [0.5, 0.6) is 0 Å². The summed E-state index contributed by atoms with van der Waals surface area (Å²) in [5.74, 6) is 0.943. The van der Waals surface area contributed by atoms with E-state index in [0.717, 1.165) is 32.1 Å². The molecule has 0 bridgehead atoms. The van der Waals surface area contributed by atoms with E-state index >= 15 is 0 Å². The Morgan fingerprint density at radius 2 is 1.82 bits per heavy atom. The molecule has 1 N–H and O–H groups in total. The molecule has 3 fully saturated rings. The van der Waals surface area contributed by atoms with Gasteiger partial charge in [0.15, 0.2) is 0 Å². The van der Waals surface area contributed by atoms with Crippen molar-refractivity contribution in [3.63, 3.8) is 0 Å². The molecule has 0 spiro atoms. The average molecular weight is 438 g/mol. The van der Waals surface area contributed by atoms with Crippen molar-refractivity contribution in [2.75, 3.05) is 0 Å². The molecule has 0 radical (unpaired) electrons. The molecule has 1 heterocycles. The van der Waals surface area contributed by atoms with Gasteiger partial charge >= 0.3 is 0 Å². The van der Waals surface area contributed by atoms with Crippen molar-refractivity contribution in [3.8, 4) is 0 Å². The van der Waals surface area contributed by atoms with Crippen LogP contribution in [0.2, 0.25) is 0 Å². The molecule has 3 aliphatic rings. The predicted octanol–water partition coefficient (Wildman–Crippen LogP) is 3.84. The third-order valence-electron chi connectivity index (χ3n) is 5.86. The number of Topliss-reactive ketones (excluding diaryl/α,β-unsaturated/α-hetero) is 1. The van der Waals surface area contributed by atoms with E-state index in [2.05, 4.69) is 38.8 Å². The van der Waals surface area contributed by atoms with Crippen molar-refractivity contribution in [1.82, 2.24) is 0 Å². The second-order valence-corrected chi connectivity index (χ2v) is 9.54. The van der Waals surface area contributed by atoms with Gasteiger partial charge in [0, 0.05) is 21.5 Å². The van der Waals surface area contributed by atoms with E-state index in [4.69, 9.17) is 4.74 Å². The summed E-state index contributed by atoms with van der Waals surface area (Å²) >= 11 is 7.10. The zero-order chi connectivity index (χ0) is 15.9. The standard InChI is InChI=1S/C17H26Br2O3/c1-2-13-15(10-5-3-4-6-14(10)22-13)16(20)9-7-11(18)17(21)12(19)8-9/h9-15,17,21H,2-8H2,1H3. The molecule has 2 saturated carbocycles. The smallest absolute Gasteiger partial charge is 0.142 e. The molecule has 0 aromatic carbocycles. The highest BCUT2D eigenvalue weighted by Crippen LogP contribution is 2.46. The lowest BCUT2D eigenvalue weighted by Gasteiger charge is -2.36. The van der Waals surface area contributed by atoms with E-state index < -0.39 is 6.10 Å². The molecule has 6 unspecified atom stereocenters. The molecule has 0 aromatic heterocycles. The number of rotatable bonds is 3. The molecular formula is C17H26Br2O3. The van der Waals surface area contributed by atoms with Crippen LogP contribution in [-0.2, 0) is 9.53 Å². The van der Waals surface area contributed by atoms with Crippen LogP contribution in [0.15, 0.2) is 0 Å². The zero-order valence-corrected chi connectivity index (χ0v) is 16.3. The van der Waals surface area contributed by atoms with Crippen molar-refractivity contribution in [1.29, 1.82) is 0 Å². The van der Waals surface area contributed by atoms with Crippen LogP contribution in [0.4, 0.5) is 0 Å². The van der Waals surface area contributed by atoms with Crippen LogP contribution in [-0.4, -0.2) is 38.9 Å². The fourth-order valence-corrected chi connectivity index (χ4v) is 6.73. The molecule has 3 nitrogen and oxygen atoms in total. The number of carbonyl (C=O) groups excluding carboxylic acids is 1. The first-order chi connectivity index (χ1) is 10.5. The van der Waals surface area contributed by atoms with Gasteiger partial charge in [-0.25, -0.2) is 0 Å². The van der Waals surface area contributed by atoms with Gasteiger partial charge in [-0.1, -0.05) is 51.6 Å². The molecule has 0 amide bonds. The number of ketones is 1. The Labute approximate surface area is 149 Å². The second-order valence-electron chi connectivity index (χ2n) is 7.19.